The molecule has 0 atom stereocenters. The highest BCUT2D eigenvalue weighted by Gasteiger charge is 2.31. The van der Waals surface area contributed by atoms with Gasteiger partial charge in [0.15, 0.2) is 5.82 Å². The third kappa shape index (κ3) is 3.98. The maximum atomic E-state index is 13.1. The van der Waals surface area contributed by atoms with Crippen molar-refractivity contribution in [3.8, 4) is 22.1 Å². The minimum atomic E-state index is -3.68. The van der Waals surface area contributed by atoms with E-state index in [1.54, 1.807) is 23.5 Å². The molecule has 0 amide bonds. The van der Waals surface area contributed by atoms with Gasteiger partial charge >= 0.3 is 0 Å². The van der Waals surface area contributed by atoms with Gasteiger partial charge in [0.2, 0.25) is 10.0 Å². The maximum absolute atomic E-state index is 13.1. The normalized spacial score (nSPS) is 15.2. The van der Waals surface area contributed by atoms with Crippen LogP contribution in [0, 0.1) is 0 Å². The van der Waals surface area contributed by atoms with Gasteiger partial charge < -0.3 is 14.4 Å². The zero-order valence-electron chi connectivity index (χ0n) is 16.7. The fraction of sp³-hybridized carbons (Fsp3) is 0.300. The molecule has 3 heterocycles. The molecule has 0 unspecified atom stereocenters. The molecule has 0 N–H and O–H groups in total. The number of hydrogen-bond acceptors (Lipinski definition) is 8. The van der Waals surface area contributed by atoms with Gasteiger partial charge in [0.05, 0.1) is 19.1 Å². The molecule has 1 fully saturated rings. The predicted octanol–water partition coefficient (Wildman–Crippen LogP) is 2.73. The first-order chi connectivity index (χ1) is 14.5. The number of sulfonamides is 1. The largest absolute Gasteiger partial charge is 0.497 e. The van der Waals surface area contributed by atoms with Crippen molar-refractivity contribution in [3.63, 3.8) is 0 Å². The Morgan fingerprint density at radius 3 is 2.37 bits per heavy atom. The molecule has 1 aliphatic rings. The first-order valence-corrected chi connectivity index (χ1v) is 11.7. The van der Waals surface area contributed by atoms with E-state index in [9.17, 15) is 8.42 Å². The third-order valence-corrected chi connectivity index (χ3v) is 7.81. The van der Waals surface area contributed by atoms with Gasteiger partial charge in [-0.25, -0.2) is 8.42 Å². The van der Waals surface area contributed by atoms with Crippen molar-refractivity contribution in [1.82, 2.24) is 14.5 Å². The van der Waals surface area contributed by atoms with E-state index in [0.717, 1.165) is 16.4 Å². The van der Waals surface area contributed by atoms with Crippen molar-refractivity contribution in [1.29, 1.82) is 0 Å². The number of anilines is 1. The molecule has 158 valence electrons. The average Bonchev–Trinajstić information content (AvgIpc) is 3.34. The molecule has 1 aliphatic heterocycles. The molecule has 0 bridgehead atoms. The quantitative estimate of drug-likeness (QED) is 0.576. The monoisotopic (exact) mass is 446 g/mol. The molecule has 0 radical (unpaired) electrons. The number of ether oxygens (including phenoxy) is 2. The highest BCUT2D eigenvalue weighted by atomic mass is 32.2. The molecule has 30 heavy (non-hydrogen) atoms. The summed E-state index contributed by atoms with van der Waals surface area (Å²) in [5.41, 5.74) is 0.835. The highest BCUT2D eigenvalue weighted by molar-refractivity contribution is 7.89. The van der Waals surface area contributed by atoms with Gasteiger partial charge in [-0.1, -0.05) is 6.07 Å². The summed E-state index contributed by atoms with van der Waals surface area (Å²) in [7, 11) is -0.706. The van der Waals surface area contributed by atoms with Crippen LogP contribution in [0.1, 0.15) is 0 Å². The van der Waals surface area contributed by atoms with Crippen molar-refractivity contribution in [2.75, 3.05) is 45.3 Å². The van der Waals surface area contributed by atoms with E-state index < -0.39 is 10.0 Å². The predicted molar refractivity (Wildman–Crippen MR) is 116 cm³/mol. The number of piperazine rings is 1. The zero-order valence-corrected chi connectivity index (χ0v) is 18.3. The first kappa shape index (κ1) is 20.6. The lowest BCUT2D eigenvalue weighted by molar-refractivity contribution is 0.369. The van der Waals surface area contributed by atoms with Gasteiger partial charge in [0, 0.05) is 32.2 Å². The lowest BCUT2D eigenvalue weighted by Gasteiger charge is -2.34. The number of hydrogen-bond donors (Lipinski definition) is 0. The Labute approximate surface area is 179 Å². The van der Waals surface area contributed by atoms with Crippen LogP contribution in [0.4, 0.5) is 5.82 Å². The zero-order chi connectivity index (χ0) is 21.1. The van der Waals surface area contributed by atoms with Gasteiger partial charge in [-0.05, 0) is 35.7 Å². The molecule has 0 spiro atoms. The lowest BCUT2D eigenvalue weighted by atomic mass is 10.3. The molecular weight excluding hydrogens is 424 g/mol. The fourth-order valence-electron chi connectivity index (χ4n) is 3.33. The number of nitrogens with zero attached hydrogens (tertiary/aromatic N) is 4. The number of rotatable bonds is 6. The Balaban J connectivity index is 1.46. The van der Waals surface area contributed by atoms with Crippen molar-refractivity contribution in [3.05, 3.63) is 47.8 Å². The fourth-order valence-corrected chi connectivity index (χ4v) is 5.58. The Bertz CT molecular complexity index is 1090. The van der Waals surface area contributed by atoms with Crippen LogP contribution in [0.5, 0.6) is 11.5 Å². The first-order valence-electron chi connectivity index (χ1n) is 9.37. The summed E-state index contributed by atoms with van der Waals surface area (Å²) in [6.45, 7) is 1.77. The van der Waals surface area contributed by atoms with E-state index in [1.165, 1.54) is 24.6 Å². The molecule has 0 aliphatic carbocycles. The van der Waals surface area contributed by atoms with Gasteiger partial charge in [0.25, 0.3) is 0 Å². The minimum absolute atomic E-state index is 0.138. The van der Waals surface area contributed by atoms with E-state index in [-0.39, 0.29) is 10.6 Å². The van der Waals surface area contributed by atoms with Crippen molar-refractivity contribution in [2.24, 2.45) is 0 Å². The second-order valence-corrected chi connectivity index (χ2v) is 9.52. The summed E-state index contributed by atoms with van der Waals surface area (Å²) in [5, 5.41) is 10.6. The molecule has 10 heteroatoms. The van der Waals surface area contributed by atoms with Crippen molar-refractivity contribution >= 4 is 27.2 Å². The number of benzene rings is 1. The summed E-state index contributed by atoms with van der Waals surface area (Å²) >= 11 is 1.62. The second kappa shape index (κ2) is 8.58. The summed E-state index contributed by atoms with van der Waals surface area (Å²) in [5.74, 6) is 1.56. The van der Waals surface area contributed by atoms with Gasteiger partial charge in [-0.2, -0.15) is 4.31 Å². The van der Waals surface area contributed by atoms with Crippen LogP contribution in [-0.4, -0.2) is 63.3 Å². The van der Waals surface area contributed by atoms with Crippen LogP contribution in [0.15, 0.2) is 52.7 Å². The van der Waals surface area contributed by atoms with Crippen LogP contribution in [-0.2, 0) is 10.0 Å². The van der Waals surface area contributed by atoms with Crippen LogP contribution in [0.2, 0.25) is 0 Å². The molecule has 8 nitrogen and oxygen atoms in total. The lowest BCUT2D eigenvalue weighted by Crippen LogP contribution is -2.49. The maximum Gasteiger partial charge on any atom is 0.246 e. The van der Waals surface area contributed by atoms with E-state index >= 15 is 0 Å². The van der Waals surface area contributed by atoms with Crippen LogP contribution < -0.4 is 14.4 Å². The Morgan fingerprint density at radius 2 is 1.77 bits per heavy atom. The summed E-state index contributed by atoms with van der Waals surface area (Å²) < 4.78 is 38.2. The van der Waals surface area contributed by atoms with Gasteiger partial charge in [0.1, 0.15) is 22.1 Å². The van der Waals surface area contributed by atoms with E-state index in [2.05, 4.69) is 10.2 Å². The molecule has 1 saturated heterocycles. The third-order valence-electron chi connectivity index (χ3n) is 4.98. The van der Waals surface area contributed by atoms with Crippen molar-refractivity contribution in [2.45, 2.75) is 4.90 Å². The molecule has 2 aromatic heterocycles. The number of aromatic nitrogens is 2. The molecule has 0 saturated carbocycles. The van der Waals surface area contributed by atoms with E-state index in [0.29, 0.717) is 31.9 Å². The van der Waals surface area contributed by atoms with E-state index in [1.807, 2.05) is 34.5 Å². The standard InChI is InChI=1S/C20H22N4O4S2/c1-27-15-5-7-19(17(14-15)28-2)30(25,26)24-11-9-23(10-12-24)20-8-6-16(21-22-20)18-4-3-13-29-18/h3-8,13-14H,9-12H2,1-2H3. The number of thiophene rings is 1. The van der Waals surface area contributed by atoms with Crippen LogP contribution >= 0.6 is 11.3 Å². The SMILES string of the molecule is COc1ccc(S(=O)(=O)N2CCN(c3ccc(-c4cccs4)nn3)CC2)c(OC)c1. The van der Waals surface area contributed by atoms with E-state index in [4.69, 9.17) is 9.47 Å². The smallest absolute Gasteiger partial charge is 0.246 e. The molecular formula is C20H22N4O4S2. The Morgan fingerprint density at radius 1 is 0.967 bits per heavy atom. The average molecular weight is 447 g/mol. The number of methoxy groups -OCH3 is 2. The molecule has 4 rings (SSSR count). The van der Waals surface area contributed by atoms with Crippen LogP contribution in [0.3, 0.4) is 0 Å². The van der Waals surface area contributed by atoms with Crippen molar-refractivity contribution < 1.29 is 17.9 Å². The van der Waals surface area contributed by atoms with Gasteiger partial charge in [-0.15, -0.1) is 21.5 Å². The Hall–Kier alpha value is -2.69. The summed E-state index contributed by atoms with van der Waals surface area (Å²) in [6, 6.07) is 12.6. The Kier molecular flexibility index (Phi) is 5.89. The topological polar surface area (TPSA) is 84.9 Å². The van der Waals surface area contributed by atoms with Crippen LogP contribution in [0.25, 0.3) is 10.6 Å². The summed E-state index contributed by atoms with van der Waals surface area (Å²) in [4.78, 5) is 3.25. The van der Waals surface area contributed by atoms with Gasteiger partial charge in [-0.3, -0.25) is 0 Å². The molecule has 3 aromatic rings. The highest BCUT2D eigenvalue weighted by Crippen LogP contribution is 2.31. The summed E-state index contributed by atoms with van der Waals surface area (Å²) in [6.07, 6.45) is 0. The minimum Gasteiger partial charge on any atom is -0.497 e. The molecule has 1 aromatic carbocycles. The second-order valence-electron chi connectivity index (χ2n) is 6.66.